The minimum Gasteiger partial charge on any atom is -0.393 e. The van der Waals surface area contributed by atoms with E-state index in [-0.39, 0.29) is 18.1 Å². The highest BCUT2D eigenvalue weighted by atomic mass is 32.1. The van der Waals surface area contributed by atoms with Gasteiger partial charge in [-0.25, -0.2) is 0 Å². The van der Waals surface area contributed by atoms with Crippen LogP contribution in [0.3, 0.4) is 0 Å². The molecule has 120 valence electrons. The third-order valence-electron chi connectivity index (χ3n) is 4.13. The number of rotatable bonds is 4. The first-order chi connectivity index (χ1) is 11.2. The maximum atomic E-state index is 12.0. The summed E-state index contributed by atoms with van der Waals surface area (Å²) in [5, 5.41) is 12.5. The molecule has 1 aromatic heterocycles. The van der Waals surface area contributed by atoms with Gasteiger partial charge in [0.25, 0.3) is 0 Å². The molecule has 0 aliphatic heterocycles. The van der Waals surface area contributed by atoms with E-state index in [1.54, 1.807) is 17.4 Å². The Balaban J connectivity index is 1.55. The summed E-state index contributed by atoms with van der Waals surface area (Å²) in [4.78, 5) is 14.3. The molecule has 3 rings (SSSR count). The molecule has 0 bridgehead atoms. The molecule has 1 amide bonds. The Morgan fingerprint density at radius 1 is 1.09 bits per heavy atom. The summed E-state index contributed by atoms with van der Waals surface area (Å²) in [6.07, 6.45) is 6.55. The van der Waals surface area contributed by atoms with Crippen molar-refractivity contribution in [3.05, 3.63) is 53.4 Å². The van der Waals surface area contributed by atoms with Gasteiger partial charge in [-0.1, -0.05) is 30.3 Å². The largest absolute Gasteiger partial charge is 0.393 e. The van der Waals surface area contributed by atoms with Crippen LogP contribution < -0.4 is 5.32 Å². The standard InChI is InChI=1S/C19H21NO2S/c21-16-8-6-15(7-9-16)20-19(22)13-11-17-10-12-18(23-17)14-4-2-1-3-5-14/h1-5,10-13,15-16,21H,6-9H2,(H,20,22). The Kier molecular flexibility index (Phi) is 5.26. The molecule has 1 saturated carbocycles. The summed E-state index contributed by atoms with van der Waals surface area (Å²) in [5.74, 6) is -0.0546. The molecular formula is C19H21NO2S. The highest BCUT2D eigenvalue weighted by molar-refractivity contribution is 7.16. The summed E-state index contributed by atoms with van der Waals surface area (Å²) in [7, 11) is 0. The van der Waals surface area contributed by atoms with Gasteiger partial charge < -0.3 is 10.4 Å². The first kappa shape index (κ1) is 16.0. The summed E-state index contributed by atoms with van der Waals surface area (Å²) in [6.45, 7) is 0. The first-order valence-electron chi connectivity index (χ1n) is 8.02. The molecule has 0 saturated heterocycles. The van der Waals surface area contributed by atoms with Crippen molar-refractivity contribution in [2.75, 3.05) is 0 Å². The number of carbonyl (C=O) groups is 1. The van der Waals surface area contributed by atoms with Gasteiger partial charge in [-0.05, 0) is 49.5 Å². The van der Waals surface area contributed by atoms with Crippen LogP contribution in [0.25, 0.3) is 16.5 Å². The Hall–Kier alpha value is -1.91. The molecule has 1 aromatic carbocycles. The van der Waals surface area contributed by atoms with E-state index in [9.17, 15) is 9.90 Å². The van der Waals surface area contributed by atoms with Crippen molar-refractivity contribution in [3.63, 3.8) is 0 Å². The molecule has 0 unspecified atom stereocenters. The Morgan fingerprint density at radius 3 is 2.57 bits per heavy atom. The van der Waals surface area contributed by atoms with Crippen LogP contribution in [0, 0.1) is 0 Å². The second-order valence-electron chi connectivity index (χ2n) is 5.92. The summed E-state index contributed by atoms with van der Waals surface area (Å²) >= 11 is 1.67. The Bertz CT molecular complexity index is 670. The molecule has 4 heteroatoms. The van der Waals surface area contributed by atoms with Gasteiger partial charge in [0.2, 0.25) is 5.91 Å². The van der Waals surface area contributed by atoms with Crippen molar-refractivity contribution in [3.8, 4) is 10.4 Å². The molecule has 0 radical (unpaired) electrons. The number of nitrogens with one attached hydrogen (secondary N) is 1. The van der Waals surface area contributed by atoms with Gasteiger partial charge in [0.1, 0.15) is 0 Å². The highest BCUT2D eigenvalue weighted by Crippen LogP contribution is 2.28. The quantitative estimate of drug-likeness (QED) is 0.838. The second kappa shape index (κ2) is 7.57. The van der Waals surface area contributed by atoms with Crippen LogP contribution in [0.1, 0.15) is 30.6 Å². The molecule has 23 heavy (non-hydrogen) atoms. The lowest BCUT2D eigenvalue weighted by molar-refractivity contribution is -0.117. The van der Waals surface area contributed by atoms with E-state index in [1.165, 1.54) is 10.4 Å². The Labute approximate surface area is 140 Å². The molecular weight excluding hydrogens is 306 g/mol. The molecule has 1 heterocycles. The van der Waals surface area contributed by atoms with Gasteiger partial charge in [0.15, 0.2) is 0 Å². The topological polar surface area (TPSA) is 49.3 Å². The van der Waals surface area contributed by atoms with Gasteiger partial charge in [-0.2, -0.15) is 0 Å². The van der Waals surface area contributed by atoms with Crippen LogP contribution in [0.5, 0.6) is 0 Å². The van der Waals surface area contributed by atoms with Gasteiger partial charge in [0, 0.05) is 21.9 Å². The van der Waals surface area contributed by atoms with Crippen LogP contribution in [0.4, 0.5) is 0 Å². The van der Waals surface area contributed by atoms with Gasteiger partial charge in [-0.15, -0.1) is 11.3 Å². The van der Waals surface area contributed by atoms with Crippen LogP contribution >= 0.6 is 11.3 Å². The van der Waals surface area contributed by atoms with Crippen molar-refractivity contribution >= 4 is 23.3 Å². The number of hydrogen-bond donors (Lipinski definition) is 2. The van der Waals surface area contributed by atoms with Gasteiger partial charge in [0.05, 0.1) is 6.10 Å². The zero-order valence-electron chi connectivity index (χ0n) is 12.9. The molecule has 0 spiro atoms. The number of amides is 1. The third-order valence-corrected chi connectivity index (χ3v) is 5.23. The lowest BCUT2D eigenvalue weighted by Gasteiger charge is -2.25. The summed E-state index contributed by atoms with van der Waals surface area (Å²) < 4.78 is 0. The van der Waals surface area contributed by atoms with Crippen molar-refractivity contribution in [1.29, 1.82) is 0 Å². The monoisotopic (exact) mass is 327 g/mol. The molecule has 1 aliphatic rings. The molecule has 1 aliphatic carbocycles. The van der Waals surface area contributed by atoms with Crippen molar-refractivity contribution < 1.29 is 9.90 Å². The fourth-order valence-electron chi connectivity index (χ4n) is 2.83. The maximum Gasteiger partial charge on any atom is 0.244 e. The lowest BCUT2D eigenvalue weighted by atomic mass is 9.93. The normalized spacial score (nSPS) is 21.4. The predicted octanol–water partition coefficient (Wildman–Crippen LogP) is 3.85. The van der Waals surface area contributed by atoms with Crippen LogP contribution in [0.2, 0.25) is 0 Å². The van der Waals surface area contributed by atoms with E-state index >= 15 is 0 Å². The van der Waals surface area contributed by atoms with Crippen LogP contribution in [-0.2, 0) is 4.79 Å². The predicted molar refractivity (Wildman–Crippen MR) is 95.2 cm³/mol. The lowest BCUT2D eigenvalue weighted by Crippen LogP contribution is -2.37. The van der Waals surface area contributed by atoms with Crippen molar-refractivity contribution in [1.82, 2.24) is 5.32 Å². The van der Waals surface area contributed by atoms with Gasteiger partial charge >= 0.3 is 0 Å². The maximum absolute atomic E-state index is 12.0. The number of thiophene rings is 1. The molecule has 1 fully saturated rings. The van der Waals surface area contributed by atoms with E-state index in [0.29, 0.717) is 0 Å². The number of hydrogen-bond acceptors (Lipinski definition) is 3. The molecule has 0 atom stereocenters. The Morgan fingerprint density at radius 2 is 1.83 bits per heavy atom. The van der Waals surface area contributed by atoms with E-state index in [2.05, 4.69) is 23.5 Å². The fraction of sp³-hybridized carbons (Fsp3) is 0.316. The van der Waals surface area contributed by atoms with E-state index < -0.39 is 0 Å². The molecule has 3 nitrogen and oxygen atoms in total. The minimum absolute atomic E-state index is 0.0546. The molecule has 2 aromatic rings. The number of aliphatic hydroxyl groups excluding tert-OH is 1. The van der Waals surface area contributed by atoms with E-state index in [1.807, 2.05) is 30.3 Å². The third kappa shape index (κ3) is 4.53. The number of benzene rings is 1. The number of carbonyl (C=O) groups excluding carboxylic acids is 1. The van der Waals surface area contributed by atoms with E-state index in [0.717, 1.165) is 30.6 Å². The average molecular weight is 327 g/mol. The highest BCUT2D eigenvalue weighted by Gasteiger charge is 2.19. The smallest absolute Gasteiger partial charge is 0.244 e. The second-order valence-corrected chi connectivity index (χ2v) is 7.03. The fourth-order valence-corrected chi connectivity index (χ4v) is 3.74. The first-order valence-corrected chi connectivity index (χ1v) is 8.84. The van der Waals surface area contributed by atoms with E-state index in [4.69, 9.17) is 0 Å². The summed E-state index contributed by atoms with van der Waals surface area (Å²) in [6, 6.07) is 14.5. The zero-order chi connectivity index (χ0) is 16.1. The minimum atomic E-state index is -0.193. The van der Waals surface area contributed by atoms with Crippen molar-refractivity contribution in [2.45, 2.75) is 37.8 Å². The average Bonchev–Trinajstić information content (AvgIpc) is 3.05. The van der Waals surface area contributed by atoms with Crippen LogP contribution in [-0.4, -0.2) is 23.2 Å². The van der Waals surface area contributed by atoms with Gasteiger partial charge in [-0.3, -0.25) is 4.79 Å². The SMILES string of the molecule is O=C(C=Cc1ccc(-c2ccccc2)s1)NC1CCC(O)CC1. The van der Waals surface area contributed by atoms with Crippen molar-refractivity contribution in [2.24, 2.45) is 0 Å². The molecule has 2 N–H and O–H groups in total. The summed E-state index contributed by atoms with van der Waals surface area (Å²) in [5.41, 5.74) is 1.20. The zero-order valence-corrected chi connectivity index (χ0v) is 13.8. The number of aliphatic hydroxyl groups is 1. The van der Waals surface area contributed by atoms with Crippen LogP contribution in [0.15, 0.2) is 48.5 Å².